The first-order valence-electron chi connectivity index (χ1n) is 12.9. The Morgan fingerprint density at radius 3 is 2.64 bits per heavy atom. The Morgan fingerprint density at radius 1 is 1.14 bits per heavy atom. The van der Waals surface area contributed by atoms with Crippen LogP contribution in [0.15, 0.2) is 48.0 Å². The van der Waals surface area contributed by atoms with Gasteiger partial charge < -0.3 is 24.4 Å². The van der Waals surface area contributed by atoms with Gasteiger partial charge in [0.2, 0.25) is 0 Å². The molecule has 0 radical (unpaired) electrons. The summed E-state index contributed by atoms with van der Waals surface area (Å²) in [6, 6.07) is 12.2. The van der Waals surface area contributed by atoms with Crippen molar-refractivity contribution in [1.29, 1.82) is 0 Å². The number of hydrogen-bond acceptors (Lipinski definition) is 6. The van der Waals surface area contributed by atoms with Crippen LogP contribution in [0.4, 0.5) is 0 Å². The van der Waals surface area contributed by atoms with E-state index in [0.29, 0.717) is 24.5 Å². The lowest BCUT2D eigenvalue weighted by atomic mass is 9.94. The maximum atomic E-state index is 13.3. The average Bonchev–Trinajstić information content (AvgIpc) is 3.37. The van der Waals surface area contributed by atoms with Crippen molar-refractivity contribution in [3.05, 3.63) is 64.7 Å². The topological polar surface area (TPSA) is 79.3 Å². The normalized spacial score (nSPS) is 20.6. The molecule has 2 aliphatic rings. The fourth-order valence-electron chi connectivity index (χ4n) is 5.13. The van der Waals surface area contributed by atoms with Crippen molar-refractivity contribution in [3.8, 4) is 11.5 Å². The first-order valence-corrected chi connectivity index (χ1v) is 12.9. The number of Topliss-reactive ketones (excluding diaryl/α,β-unsaturated/α-hetero) is 1. The number of likely N-dealkylation sites (tertiary alicyclic amines) is 1. The second kappa shape index (κ2) is 11.2. The van der Waals surface area contributed by atoms with Gasteiger partial charge in [0, 0.05) is 18.5 Å². The standard InChI is InChI=1S/C29H36N2O5/c1-5-30(6-2)14-9-15-31-26(20-10-8-11-23(18-20)35-7-3)25(28(33)29(31)34)27(32)21-12-13-24-22(17-21)16-19(4)36-24/h8,10-13,17-19,26,32H,5-7,9,14-16H2,1-4H3/t19-,26-/m1/s1. The van der Waals surface area contributed by atoms with Crippen LogP contribution < -0.4 is 9.47 Å². The number of hydrogen-bond donors (Lipinski definition) is 1. The van der Waals surface area contributed by atoms with E-state index >= 15 is 0 Å². The number of fused-ring (bicyclic) bond motifs is 1. The van der Waals surface area contributed by atoms with Crippen molar-refractivity contribution >= 4 is 17.4 Å². The zero-order chi connectivity index (χ0) is 25.8. The van der Waals surface area contributed by atoms with Crippen LogP contribution in [0.2, 0.25) is 0 Å². The Kier molecular flexibility index (Phi) is 7.99. The van der Waals surface area contributed by atoms with Crippen LogP contribution in [-0.4, -0.2) is 65.5 Å². The summed E-state index contributed by atoms with van der Waals surface area (Å²) in [5.74, 6) is 0.0475. The van der Waals surface area contributed by atoms with Crippen molar-refractivity contribution in [2.45, 2.75) is 52.7 Å². The quantitative estimate of drug-likeness (QED) is 0.298. The van der Waals surface area contributed by atoms with Crippen LogP contribution in [0.25, 0.3) is 5.76 Å². The highest BCUT2D eigenvalue weighted by molar-refractivity contribution is 6.46. The van der Waals surface area contributed by atoms with E-state index in [9.17, 15) is 14.7 Å². The molecule has 2 heterocycles. The SMILES string of the molecule is CCOc1cccc([C@@H]2C(=C(O)c3ccc4c(c3)C[C@@H](C)O4)C(=O)C(=O)N2CCCN(CC)CC)c1. The van der Waals surface area contributed by atoms with Gasteiger partial charge in [0.25, 0.3) is 11.7 Å². The second-order valence-electron chi connectivity index (χ2n) is 9.33. The molecule has 7 nitrogen and oxygen atoms in total. The number of carbonyl (C=O) groups is 2. The number of aliphatic hydroxyl groups is 1. The predicted octanol–water partition coefficient (Wildman–Crippen LogP) is 4.56. The van der Waals surface area contributed by atoms with Crippen LogP contribution >= 0.6 is 0 Å². The third-order valence-electron chi connectivity index (χ3n) is 6.96. The van der Waals surface area contributed by atoms with Crippen LogP contribution in [0.5, 0.6) is 11.5 Å². The Balaban J connectivity index is 1.75. The van der Waals surface area contributed by atoms with Crippen molar-refractivity contribution in [2.24, 2.45) is 0 Å². The molecular weight excluding hydrogens is 456 g/mol. The summed E-state index contributed by atoms with van der Waals surface area (Å²) >= 11 is 0. The Morgan fingerprint density at radius 2 is 1.92 bits per heavy atom. The highest BCUT2D eigenvalue weighted by atomic mass is 16.5. The van der Waals surface area contributed by atoms with E-state index in [4.69, 9.17) is 9.47 Å². The van der Waals surface area contributed by atoms with E-state index in [2.05, 4.69) is 18.7 Å². The predicted molar refractivity (Wildman–Crippen MR) is 139 cm³/mol. The highest BCUT2D eigenvalue weighted by Crippen LogP contribution is 2.41. The van der Waals surface area contributed by atoms with E-state index < -0.39 is 17.7 Å². The molecular formula is C29H36N2O5. The summed E-state index contributed by atoms with van der Waals surface area (Å²) in [6.45, 7) is 11.7. The third-order valence-corrected chi connectivity index (χ3v) is 6.96. The molecule has 36 heavy (non-hydrogen) atoms. The van der Waals surface area contributed by atoms with Crippen LogP contribution in [0.3, 0.4) is 0 Å². The van der Waals surface area contributed by atoms with Crippen LogP contribution in [-0.2, 0) is 16.0 Å². The molecule has 192 valence electrons. The minimum atomic E-state index is -0.689. The Labute approximate surface area is 213 Å². The highest BCUT2D eigenvalue weighted by Gasteiger charge is 2.46. The molecule has 1 N–H and O–H groups in total. The van der Waals surface area contributed by atoms with Crippen molar-refractivity contribution in [2.75, 3.05) is 32.8 Å². The van der Waals surface area contributed by atoms with Gasteiger partial charge in [-0.05, 0) is 81.4 Å². The van der Waals surface area contributed by atoms with Gasteiger partial charge >= 0.3 is 0 Å². The monoisotopic (exact) mass is 492 g/mol. The smallest absolute Gasteiger partial charge is 0.295 e. The van der Waals surface area contributed by atoms with Gasteiger partial charge in [-0.2, -0.15) is 0 Å². The number of ether oxygens (including phenoxy) is 2. The number of nitrogens with zero attached hydrogens (tertiary/aromatic N) is 2. The number of rotatable bonds is 10. The molecule has 1 saturated heterocycles. The van der Waals surface area contributed by atoms with E-state index in [-0.39, 0.29) is 17.4 Å². The number of amides is 1. The lowest BCUT2D eigenvalue weighted by Gasteiger charge is -2.27. The van der Waals surface area contributed by atoms with Gasteiger partial charge in [-0.1, -0.05) is 26.0 Å². The summed E-state index contributed by atoms with van der Waals surface area (Å²) < 4.78 is 11.5. The molecule has 0 aliphatic carbocycles. The van der Waals surface area contributed by atoms with Crippen LogP contribution in [0, 0.1) is 0 Å². The molecule has 7 heteroatoms. The number of ketones is 1. The lowest BCUT2D eigenvalue weighted by molar-refractivity contribution is -0.140. The molecule has 1 fully saturated rings. The zero-order valence-corrected chi connectivity index (χ0v) is 21.6. The summed E-state index contributed by atoms with van der Waals surface area (Å²) in [5, 5.41) is 11.4. The largest absolute Gasteiger partial charge is 0.507 e. The zero-order valence-electron chi connectivity index (χ0n) is 21.6. The van der Waals surface area contributed by atoms with Gasteiger partial charge in [-0.15, -0.1) is 0 Å². The minimum absolute atomic E-state index is 0.0649. The third kappa shape index (κ3) is 5.12. The molecule has 0 saturated carbocycles. The van der Waals surface area contributed by atoms with E-state index in [1.54, 1.807) is 11.0 Å². The first kappa shape index (κ1) is 25.8. The summed E-state index contributed by atoms with van der Waals surface area (Å²) in [7, 11) is 0. The fraction of sp³-hybridized carbons (Fsp3) is 0.448. The summed E-state index contributed by atoms with van der Waals surface area (Å²) in [6.07, 6.45) is 1.52. The molecule has 2 aromatic rings. The maximum Gasteiger partial charge on any atom is 0.295 e. The lowest BCUT2D eigenvalue weighted by Crippen LogP contribution is -2.33. The van der Waals surface area contributed by atoms with Gasteiger partial charge in [0.1, 0.15) is 23.4 Å². The summed E-state index contributed by atoms with van der Waals surface area (Å²) in [4.78, 5) is 30.5. The molecule has 1 amide bonds. The van der Waals surface area contributed by atoms with Crippen molar-refractivity contribution in [3.63, 3.8) is 0 Å². The fourth-order valence-corrected chi connectivity index (χ4v) is 5.13. The molecule has 4 rings (SSSR count). The molecule has 2 atom stereocenters. The van der Waals surface area contributed by atoms with Crippen LogP contribution in [0.1, 0.15) is 56.8 Å². The molecule has 0 unspecified atom stereocenters. The molecule has 0 spiro atoms. The van der Waals surface area contributed by atoms with Crippen molar-refractivity contribution in [1.82, 2.24) is 9.80 Å². The van der Waals surface area contributed by atoms with Gasteiger partial charge in [-0.3, -0.25) is 9.59 Å². The van der Waals surface area contributed by atoms with Gasteiger partial charge in [0.15, 0.2) is 0 Å². The number of benzene rings is 2. The maximum absolute atomic E-state index is 13.3. The van der Waals surface area contributed by atoms with Gasteiger partial charge in [0.05, 0.1) is 18.2 Å². The Hall–Kier alpha value is -3.32. The molecule has 2 aromatic carbocycles. The summed E-state index contributed by atoms with van der Waals surface area (Å²) in [5.41, 5.74) is 2.35. The molecule has 0 aromatic heterocycles. The van der Waals surface area contributed by atoms with E-state index in [1.807, 2.05) is 50.2 Å². The Bertz CT molecular complexity index is 1150. The van der Waals surface area contributed by atoms with E-state index in [1.165, 1.54) is 0 Å². The van der Waals surface area contributed by atoms with E-state index in [0.717, 1.165) is 49.4 Å². The average molecular weight is 493 g/mol. The minimum Gasteiger partial charge on any atom is -0.507 e. The molecule has 2 aliphatic heterocycles. The molecule has 0 bridgehead atoms. The second-order valence-corrected chi connectivity index (χ2v) is 9.33. The van der Waals surface area contributed by atoms with Gasteiger partial charge in [-0.25, -0.2) is 0 Å². The first-order chi connectivity index (χ1) is 17.4. The number of aliphatic hydroxyl groups excluding tert-OH is 1. The number of carbonyl (C=O) groups excluding carboxylic acids is 2. The van der Waals surface area contributed by atoms with Crippen molar-refractivity contribution < 1.29 is 24.2 Å².